The van der Waals surface area contributed by atoms with Crippen molar-refractivity contribution < 1.29 is 84.3 Å². The molecule has 0 aromatic heterocycles. The Kier molecular flexibility index (Phi) is 11.6. The van der Waals surface area contributed by atoms with E-state index in [4.69, 9.17) is 28.4 Å². The highest BCUT2D eigenvalue weighted by atomic mass is 16.7. The standard InChI is InChI=1S/C29H48O17/c1-9-20(35)24(39)27(43-10(2)30)29(42-9)41-8-19-22(37)23(38)25(40)28(46-19)45-18-7-13-14(32)5-12(31)6-17(13)44-26(18)11-3-15(33)21(36)16(34)4-11/h9,11-29,31-40H,3-8H2,1-2H3/t9-,11?,12?,13?,14?,15?,16?,17?,18?,19+,20-,21?,22+,23-,24+,25+,26?,27+,28+,29+/m0/s1. The summed E-state index contributed by atoms with van der Waals surface area (Å²) in [4.78, 5) is 11.6. The van der Waals surface area contributed by atoms with E-state index in [1.54, 1.807) is 0 Å². The van der Waals surface area contributed by atoms with Gasteiger partial charge in [-0.3, -0.25) is 4.79 Å². The van der Waals surface area contributed by atoms with E-state index in [0.29, 0.717) is 0 Å². The van der Waals surface area contributed by atoms with Crippen LogP contribution in [0.15, 0.2) is 0 Å². The maximum atomic E-state index is 11.6. The Morgan fingerprint density at radius 2 is 1.37 bits per heavy atom. The molecule has 5 fully saturated rings. The number of hydrogen-bond acceptors (Lipinski definition) is 17. The number of aliphatic hydroxyl groups is 10. The van der Waals surface area contributed by atoms with Crippen LogP contribution in [-0.4, -0.2) is 174 Å². The second kappa shape index (κ2) is 14.8. The van der Waals surface area contributed by atoms with Gasteiger partial charge in [-0.05, 0) is 44.9 Å². The third-order valence-electron chi connectivity index (χ3n) is 10.0. The summed E-state index contributed by atoms with van der Waals surface area (Å²) < 4.78 is 34.8. The van der Waals surface area contributed by atoms with Crippen LogP contribution in [0.1, 0.15) is 46.0 Å². The molecule has 3 aliphatic heterocycles. The molecular formula is C29H48O17. The predicted molar refractivity (Wildman–Crippen MR) is 148 cm³/mol. The summed E-state index contributed by atoms with van der Waals surface area (Å²) in [6.07, 6.45) is -22.2. The summed E-state index contributed by atoms with van der Waals surface area (Å²) >= 11 is 0. The van der Waals surface area contributed by atoms with Gasteiger partial charge >= 0.3 is 5.97 Å². The van der Waals surface area contributed by atoms with Crippen LogP contribution in [0.2, 0.25) is 0 Å². The van der Waals surface area contributed by atoms with Gasteiger partial charge in [-0.2, -0.15) is 0 Å². The predicted octanol–water partition coefficient (Wildman–Crippen LogP) is -4.62. The summed E-state index contributed by atoms with van der Waals surface area (Å²) in [6.45, 7) is 2.05. The topological polar surface area (TPSA) is 275 Å². The minimum Gasteiger partial charge on any atom is -0.454 e. The summed E-state index contributed by atoms with van der Waals surface area (Å²) in [6, 6.07) is 0. The van der Waals surface area contributed by atoms with E-state index in [2.05, 4.69) is 0 Å². The highest BCUT2D eigenvalue weighted by molar-refractivity contribution is 5.66. The third kappa shape index (κ3) is 7.54. The first kappa shape index (κ1) is 36.2. The van der Waals surface area contributed by atoms with Crippen LogP contribution in [-0.2, 0) is 33.2 Å². The lowest BCUT2D eigenvalue weighted by molar-refractivity contribution is -0.346. The molecule has 17 nitrogen and oxygen atoms in total. The molecule has 10 N–H and O–H groups in total. The van der Waals surface area contributed by atoms with Crippen molar-refractivity contribution in [2.75, 3.05) is 6.61 Å². The molecule has 5 aliphatic rings. The molecule has 8 unspecified atom stereocenters. The minimum absolute atomic E-state index is 0.0426. The first-order valence-corrected chi connectivity index (χ1v) is 15.9. The van der Waals surface area contributed by atoms with Crippen LogP contribution in [0, 0.1) is 11.8 Å². The Morgan fingerprint density at radius 3 is 2.02 bits per heavy atom. The molecule has 5 rings (SSSR count). The van der Waals surface area contributed by atoms with Gasteiger partial charge in [0.1, 0.15) is 42.7 Å². The number of hydrogen-bond donors (Lipinski definition) is 10. The van der Waals surface area contributed by atoms with Gasteiger partial charge in [0, 0.05) is 12.8 Å². The molecule has 18 atom stereocenters. The molecule has 266 valence electrons. The van der Waals surface area contributed by atoms with Crippen LogP contribution >= 0.6 is 0 Å². The van der Waals surface area contributed by atoms with E-state index >= 15 is 0 Å². The normalized spacial score (nSPS) is 53.3. The van der Waals surface area contributed by atoms with Gasteiger partial charge in [-0.15, -0.1) is 0 Å². The number of rotatable bonds is 7. The lowest BCUT2D eigenvalue weighted by atomic mass is 9.72. The maximum Gasteiger partial charge on any atom is 0.303 e. The van der Waals surface area contributed by atoms with E-state index in [-0.39, 0.29) is 32.1 Å². The molecule has 0 bridgehead atoms. The third-order valence-corrected chi connectivity index (χ3v) is 10.0. The van der Waals surface area contributed by atoms with Crippen molar-refractivity contribution in [1.29, 1.82) is 0 Å². The lowest BCUT2D eigenvalue weighted by Crippen LogP contribution is -2.63. The highest BCUT2D eigenvalue weighted by Crippen LogP contribution is 2.43. The van der Waals surface area contributed by atoms with Gasteiger partial charge < -0.3 is 79.5 Å². The summed E-state index contributed by atoms with van der Waals surface area (Å²) in [5.41, 5.74) is 0. The highest BCUT2D eigenvalue weighted by Gasteiger charge is 2.53. The van der Waals surface area contributed by atoms with Crippen molar-refractivity contribution in [3.63, 3.8) is 0 Å². The van der Waals surface area contributed by atoms with Gasteiger partial charge in [0.15, 0.2) is 18.7 Å². The number of carbonyl (C=O) groups excluding carboxylic acids is 1. The number of aliphatic hydroxyl groups excluding tert-OH is 10. The Balaban J connectivity index is 1.31. The number of ether oxygens (including phenoxy) is 6. The van der Waals surface area contributed by atoms with E-state index in [9.17, 15) is 55.9 Å². The Morgan fingerprint density at radius 1 is 0.696 bits per heavy atom. The van der Waals surface area contributed by atoms with E-state index in [1.807, 2.05) is 0 Å². The largest absolute Gasteiger partial charge is 0.454 e. The molecule has 2 saturated carbocycles. The van der Waals surface area contributed by atoms with Crippen molar-refractivity contribution in [1.82, 2.24) is 0 Å². The smallest absolute Gasteiger partial charge is 0.303 e. The summed E-state index contributed by atoms with van der Waals surface area (Å²) in [7, 11) is 0. The van der Waals surface area contributed by atoms with Gasteiger partial charge in [0.25, 0.3) is 0 Å². The van der Waals surface area contributed by atoms with Crippen LogP contribution in [0.25, 0.3) is 0 Å². The molecular weight excluding hydrogens is 620 g/mol. The SMILES string of the molecule is CC(=O)O[C@H]1[C@H](OC[C@H]2O[C@@H](OC3CC4C(O)CC(O)CC4OC3C3CC(O)C(O)C(O)C3)[C@H](O)[C@@H](O)[C@@H]2O)O[C@@H](C)[C@H](O)[C@H]1O. The van der Waals surface area contributed by atoms with Gasteiger partial charge in [-0.1, -0.05) is 0 Å². The fraction of sp³-hybridized carbons (Fsp3) is 0.966. The van der Waals surface area contributed by atoms with Crippen molar-refractivity contribution in [3.05, 3.63) is 0 Å². The first-order valence-electron chi connectivity index (χ1n) is 15.9. The monoisotopic (exact) mass is 668 g/mol. The Hall–Kier alpha value is -1.13. The minimum atomic E-state index is -1.78. The summed E-state index contributed by atoms with van der Waals surface area (Å²) in [5, 5.41) is 105. The zero-order valence-electron chi connectivity index (χ0n) is 25.6. The Bertz CT molecular complexity index is 1010. The van der Waals surface area contributed by atoms with Gasteiger partial charge in [0.05, 0.1) is 55.4 Å². The van der Waals surface area contributed by atoms with Gasteiger partial charge in [0.2, 0.25) is 0 Å². The fourth-order valence-corrected chi connectivity index (χ4v) is 7.45. The maximum absolute atomic E-state index is 11.6. The van der Waals surface area contributed by atoms with Crippen molar-refractivity contribution in [2.45, 2.75) is 156 Å². The first-order chi connectivity index (χ1) is 21.7. The van der Waals surface area contributed by atoms with Crippen molar-refractivity contribution in [3.8, 4) is 0 Å². The summed E-state index contributed by atoms with van der Waals surface area (Å²) in [5.74, 6) is -1.80. The molecule has 0 spiro atoms. The Labute approximate surface area is 265 Å². The van der Waals surface area contributed by atoms with Crippen molar-refractivity contribution >= 4 is 5.97 Å². The second-order valence-electron chi connectivity index (χ2n) is 13.4. The molecule has 3 heterocycles. The molecule has 2 aliphatic carbocycles. The van der Waals surface area contributed by atoms with Crippen LogP contribution in [0.3, 0.4) is 0 Å². The average Bonchev–Trinajstić information content (AvgIpc) is 2.99. The van der Waals surface area contributed by atoms with Crippen LogP contribution in [0.5, 0.6) is 0 Å². The van der Waals surface area contributed by atoms with Crippen LogP contribution < -0.4 is 0 Å². The quantitative estimate of drug-likeness (QED) is 0.114. The molecule has 46 heavy (non-hydrogen) atoms. The van der Waals surface area contributed by atoms with E-state index in [0.717, 1.165) is 6.92 Å². The molecule has 0 aromatic carbocycles. The molecule has 0 radical (unpaired) electrons. The molecule has 17 heteroatoms. The lowest BCUT2D eigenvalue weighted by Gasteiger charge is -2.51. The van der Waals surface area contributed by atoms with Crippen LogP contribution in [0.4, 0.5) is 0 Å². The molecule has 0 aromatic rings. The van der Waals surface area contributed by atoms with Crippen molar-refractivity contribution in [2.24, 2.45) is 11.8 Å². The molecule has 0 amide bonds. The zero-order valence-corrected chi connectivity index (χ0v) is 25.6. The van der Waals surface area contributed by atoms with E-state index in [1.165, 1.54) is 6.92 Å². The zero-order chi connectivity index (χ0) is 33.6. The number of fused-ring (bicyclic) bond motifs is 1. The fourth-order valence-electron chi connectivity index (χ4n) is 7.45. The average molecular weight is 669 g/mol. The van der Waals surface area contributed by atoms with E-state index < -0.39 is 135 Å². The number of esters is 1. The number of carbonyl (C=O) groups is 1. The van der Waals surface area contributed by atoms with Gasteiger partial charge in [-0.25, -0.2) is 0 Å². The second-order valence-corrected chi connectivity index (χ2v) is 13.4. The molecule has 3 saturated heterocycles.